The Morgan fingerprint density at radius 1 is 1.33 bits per heavy atom. The number of nitrogens with two attached hydrogens (primary N) is 1. The van der Waals surface area contributed by atoms with Crippen LogP contribution in [0.3, 0.4) is 0 Å². The molecule has 6 heteroatoms. The number of rotatable bonds is 4. The highest BCUT2D eigenvalue weighted by Gasteiger charge is 2.16. The summed E-state index contributed by atoms with van der Waals surface area (Å²) < 4.78 is 4.52. The monoisotopic (exact) mass is 272 g/mol. The minimum Gasteiger partial charge on any atom is -0.467 e. The molecule has 1 amide bonds. The van der Waals surface area contributed by atoms with Gasteiger partial charge in [0.15, 0.2) is 0 Å². The van der Waals surface area contributed by atoms with Crippen molar-refractivity contribution >= 4 is 24.3 Å². The largest absolute Gasteiger partial charge is 0.467 e. The van der Waals surface area contributed by atoms with Crippen LogP contribution in [0.2, 0.25) is 0 Å². The van der Waals surface area contributed by atoms with Crippen LogP contribution in [-0.4, -0.2) is 25.0 Å². The summed E-state index contributed by atoms with van der Waals surface area (Å²) in [5.74, 6) is -0.789. The van der Waals surface area contributed by atoms with E-state index in [2.05, 4.69) is 10.1 Å². The number of carbonyl (C=O) groups is 2. The van der Waals surface area contributed by atoms with Gasteiger partial charge in [-0.1, -0.05) is 12.1 Å². The molecule has 0 spiro atoms. The van der Waals surface area contributed by atoms with Crippen molar-refractivity contribution in [3.63, 3.8) is 0 Å². The second kappa shape index (κ2) is 7.68. The number of methoxy groups -OCH3 is 1. The van der Waals surface area contributed by atoms with Crippen LogP contribution in [0.25, 0.3) is 0 Å². The summed E-state index contributed by atoms with van der Waals surface area (Å²) >= 11 is 0. The van der Waals surface area contributed by atoms with Gasteiger partial charge in [0.05, 0.1) is 7.11 Å². The summed E-state index contributed by atoms with van der Waals surface area (Å²) in [6.45, 7) is 2.00. The Morgan fingerprint density at radius 3 is 2.33 bits per heavy atom. The van der Waals surface area contributed by atoms with Crippen LogP contribution in [0.4, 0.5) is 0 Å². The third-order valence-electron chi connectivity index (χ3n) is 2.35. The van der Waals surface area contributed by atoms with Gasteiger partial charge in [0.2, 0.25) is 0 Å². The van der Waals surface area contributed by atoms with Gasteiger partial charge in [-0.25, -0.2) is 4.79 Å². The maximum atomic E-state index is 11.7. The van der Waals surface area contributed by atoms with Crippen LogP contribution in [0, 0.1) is 0 Å². The Balaban J connectivity index is 0.00000289. The minimum atomic E-state index is -0.665. The van der Waals surface area contributed by atoms with Gasteiger partial charge in [0.25, 0.3) is 5.91 Å². The highest BCUT2D eigenvalue weighted by molar-refractivity contribution is 5.96. The maximum absolute atomic E-state index is 11.7. The Kier molecular flexibility index (Phi) is 7.00. The van der Waals surface area contributed by atoms with Gasteiger partial charge in [-0.15, -0.1) is 12.4 Å². The van der Waals surface area contributed by atoms with Crippen LogP contribution in [0.15, 0.2) is 24.3 Å². The average molecular weight is 273 g/mol. The van der Waals surface area contributed by atoms with Crippen molar-refractivity contribution in [2.75, 3.05) is 7.11 Å². The number of carbonyl (C=O) groups excluding carboxylic acids is 2. The molecule has 0 fully saturated rings. The number of amides is 1. The van der Waals surface area contributed by atoms with Gasteiger partial charge < -0.3 is 15.8 Å². The summed E-state index contributed by atoms with van der Waals surface area (Å²) in [6, 6.07) is 6.22. The molecule has 5 nitrogen and oxygen atoms in total. The molecule has 0 bridgehead atoms. The first-order chi connectivity index (χ1) is 8.08. The number of esters is 1. The summed E-state index contributed by atoms with van der Waals surface area (Å²) in [4.78, 5) is 22.9. The van der Waals surface area contributed by atoms with Crippen molar-refractivity contribution in [2.24, 2.45) is 5.73 Å². The first kappa shape index (κ1) is 16.4. The van der Waals surface area contributed by atoms with Crippen LogP contribution in [0.1, 0.15) is 22.8 Å². The molecule has 0 saturated carbocycles. The molecule has 0 saturated heterocycles. The molecule has 0 unspecified atom stereocenters. The average Bonchev–Trinajstić information content (AvgIpc) is 2.37. The molecular weight excluding hydrogens is 256 g/mol. The highest BCUT2D eigenvalue weighted by Crippen LogP contribution is 2.04. The minimum absolute atomic E-state index is 0. The van der Waals surface area contributed by atoms with E-state index in [1.807, 2.05) is 0 Å². The van der Waals surface area contributed by atoms with Gasteiger partial charge >= 0.3 is 5.97 Å². The molecule has 1 rings (SSSR count). The number of halogens is 1. The molecule has 0 radical (unpaired) electrons. The first-order valence-electron chi connectivity index (χ1n) is 5.26. The molecule has 100 valence electrons. The Hall–Kier alpha value is -1.59. The van der Waals surface area contributed by atoms with Gasteiger partial charge in [-0.2, -0.15) is 0 Å². The summed E-state index contributed by atoms with van der Waals surface area (Å²) in [6.07, 6.45) is 0. The van der Waals surface area contributed by atoms with Gasteiger partial charge in [-0.3, -0.25) is 4.79 Å². The van der Waals surface area contributed by atoms with Crippen molar-refractivity contribution in [3.8, 4) is 0 Å². The topological polar surface area (TPSA) is 81.4 Å². The van der Waals surface area contributed by atoms with Crippen molar-refractivity contribution in [1.29, 1.82) is 0 Å². The lowest BCUT2D eigenvalue weighted by molar-refractivity contribution is -0.142. The number of hydrogen-bond donors (Lipinski definition) is 2. The molecule has 0 aliphatic heterocycles. The SMILES string of the molecule is COC(=O)[C@H](C)NC(=O)c1ccc(CN)cc1.Cl. The van der Waals surface area contributed by atoms with Crippen molar-refractivity contribution < 1.29 is 14.3 Å². The number of nitrogens with one attached hydrogen (secondary N) is 1. The lowest BCUT2D eigenvalue weighted by Gasteiger charge is -2.11. The molecule has 0 aliphatic rings. The van der Waals surface area contributed by atoms with Crippen molar-refractivity contribution in [1.82, 2.24) is 5.32 Å². The fourth-order valence-electron chi connectivity index (χ4n) is 1.31. The summed E-state index contributed by atoms with van der Waals surface area (Å²) in [7, 11) is 1.28. The molecule has 3 N–H and O–H groups in total. The lowest BCUT2D eigenvalue weighted by atomic mass is 10.1. The Morgan fingerprint density at radius 2 is 1.89 bits per heavy atom. The second-order valence-electron chi connectivity index (χ2n) is 3.62. The quantitative estimate of drug-likeness (QED) is 0.797. The maximum Gasteiger partial charge on any atom is 0.328 e. The third-order valence-corrected chi connectivity index (χ3v) is 2.35. The van der Waals surface area contributed by atoms with Crippen molar-refractivity contribution in [2.45, 2.75) is 19.5 Å². The Bertz CT molecular complexity index is 406. The van der Waals surface area contributed by atoms with Crippen LogP contribution >= 0.6 is 12.4 Å². The fraction of sp³-hybridized carbons (Fsp3) is 0.333. The normalized spacial score (nSPS) is 11.1. The van der Waals surface area contributed by atoms with Gasteiger partial charge in [0.1, 0.15) is 6.04 Å². The number of hydrogen-bond acceptors (Lipinski definition) is 4. The van der Waals surface area contributed by atoms with E-state index in [9.17, 15) is 9.59 Å². The predicted molar refractivity (Wildman–Crippen MR) is 70.5 cm³/mol. The van der Waals surface area contributed by atoms with Crippen LogP contribution in [0.5, 0.6) is 0 Å². The van der Waals surface area contributed by atoms with Gasteiger partial charge in [0, 0.05) is 12.1 Å². The smallest absolute Gasteiger partial charge is 0.328 e. The molecular formula is C12H17ClN2O3. The van der Waals surface area contributed by atoms with E-state index in [4.69, 9.17) is 5.73 Å². The lowest BCUT2D eigenvalue weighted by Crippen LogP contribution is -2.39. The van der Waals surface area contributed by atoms with E-state index >= 15 is 0 Å². The molecule has 18 heavy (non-hydrogen) atoms. The molecule has 1 aromatic carbocycles. The standard InChI is InChI=1S/C12H16N2O3.ClH/c1-8(12(16)17-2)14-11(15)10-5-3-9(7-13)4-6-10;/h3-6,8H,7,13H2,1-2H3,(H,14,15);1H/t8-;/m0./s1. The van der Waals surface area contributed by atoms with Crippen LogP contribution in [-0.2, 0) is 16.1 Å². The van der Waals surface area contributed by atoms with E-state index in [1.54, 1.807) is 31.2 Å². The van der Waals surface area contributed by atoms with Crippen molar-refractivity contribution in [3.05, 3.63) is 35.4 Å². The van der Waals surface area contributed by atoms with E-state index in [0.717, 1.165) is 5.56 Å². The summed E-state index contributed by atoms with van der Waals surface area (Å²) in [5, 5.41) is 2.54. The highest BCUT2D eigenvalue weighted by atomic mass is 35.5. The molecule has 0 heterocycles. The van der Waals surface area contributed by atoms with E-state index < -0.39 is 12.0 Å². The molecule has 0 aromatic heterocycles. The predicted octanol–water partition coefficient (Wildman–Crippen LogP) is 0.858. The van der Waals surface area contributed by atoms with E-state index in [1.165, 1.54) is 7.11 Å². The first-order valence-corrected chi connectivity index (χ1v) is 5.26. The molecule has 1 aromatic rings. The third kappa shape index (κ3) is 4.35. The van der Waals surface area contributed by atoms with Gasteiger partial charge in [-0.05, 0) is 24.6 Å². The zero-order valence-electron chi connectivity index (χ0n) is 10.3. The number of benzene rings is 1. The van der Waals surface area contributed by atoms with E-state index in [-0.39, 0.29) is 18.3 Å². The molecule has 0 aliphatic carbocycles. The fourth-order valence-corrected chi connectivity index (χ4v) is 1.31. The second-order valence-corrected chi connectivity index (χ2v) is 3.62. The summed E-state index contributed by atoms with van der Waals surface area (Å²) in [5.41, 5.74) is 6.88. The number of ether oxygens (including phenoxy) is 1. The Labute approximate surface area is 112 Å². The molecule has 1 atom stereocenters. The van der Waals surface area contributed by atoms with E-state index in [0.29, 0.717) is 12.1 Å². The van der Waals surface area contributed by atoms with Crippen LogP contribution < -0.4 is 11.1 Å². The zero-order valence-corrected chi connectivity index (χ0v) is 11.1. The zero-order chi connectivity index (χ0) is 12.8.